The van der Waals surface area contributed by atoms with Crippen LogP contribution in [0.15, 0.2) is 12.1 Å². The van der Waals surface area contributed by atoms with E-state index in [2.05, 4.69) is 24.9 Å². The summed E-state index contributed by atoms with van der Waals surface area (Å²) >= 11 is 0. The van der Waals surface area contributed by atoms with Crippen molar-refractivity contribution in [1.29, 1.82) is 0 Å². The fraction of sp³-hybridized carbons (Fsp3) is 0.650. The third kappa shape index (κ3) is 4.09. The van der Waals surface area contributed by atoms with Crippen LogP contribution in [0.25, 0.3) is 0 Å². The quantitative estimate of drug-likeness (QED) is 0.671. The second kappa shape index (κ2) is 9.09. The van der Waals surface area contributed by atoms with Crippen LogP contribution in [0.3, 0.4) is 0 Å². The summed E-state index contributed by atoms with van der Waals surface area (Å²) in [5, 5.41) is 0. The SMILES string of the molecule is CCCCC(C(=O)OCC)C1c2c(ccc(OC)c2OC)CCN1C. The topological polar surface area (TPSA) is 48.0 Å². The van der Waals surface area contributed by atoms with Gasteiger partial charge >= 0.3 is 5.97 Å². The van der Waals surface area contributed by atoms with Crippen LogP contribution in [0, 0.1) is 5.92 Å². The van der Waals surface area contributed by atoms with E-state index in [0.29, 0.717) is 12.4 Å². The normalized spacial score (nSPS) is 18.4. The molecular formula is C20H31NO4. The molecule has 0 saturated heterocycles. The molecule has 0 amide bonds. The van der Waals surface area contributed by atoms with Gasteiger partial charge < -0.3 is 14.2 Å². The lowest BCUT2D eigenvalue weighted by atomic mass is 9.81. The average molecular weight is 349 g/mol. The molecule has 25 heavy (non-hydrogen) atoms. The van der Waals surface area contributed by atoms with Gasteiger partial charge in [-0.3, -0.25) is 9.69 Å². The number of nitrogens with zero attached hydrogens (tertiary/aromatic N) is 1. The minimum Gasteiger partial charge on any atom is -0.493 e. The molecule has 0 radical (unpaired) electrons. The number of carbonyl (C=O) groups excluding carboxylic acids is 1. The fourth-order valence-electron chi connectivity index (χ4n) is 3.78. The van der Waals surface area contributed by atoms with E-state index in [1.165, 1.54) is 5.56 Å². The molecule has 1 aliphatic rings. The average Bonchev–Trinajstić information content (AvgIpc) is 2.62. The predicted octanol–water partition coefficient (Wildman–Crippen LogP) is 3.60. The number of esters is 1. The molecule has 1 aromatic carbocycles. The van der Waals surface area contributed by atoms with Gasteiger partial charge in [0.1, 0.15) is 0 Å². The summed E-state index contributed by atoms with van der Waals surface area (Å²) in [5.74, 6) is 1.12. The second-order valence-electron chi connectivity index (χ2n) is 6.55. The Bertz CT molecular complexity index is 587. The monoisotopic (exact) mass is 349 g/mol. The summed E-state index contributed by atoms with van der Waals surface area (Å²) in [7, 11) is 5.38. The van der Waals surface area contributed by atoms with Crippen molar-refractivity contribution >= 4 is 5.97 Å². The highest BCUT2D eigenvalue weighted by molar-refractivity contribution is 5.74. The van der Waals surface area contributed by atoms with Gasteiger partial charge in [0.15, 0.2) is 11.5 Å². The van der Waals surface area contributed by atoms with Crippen molar-refractivity contribution in [2.75, 3.05) is 34.4 Å². The van der Waals surface area contributed by atoms with Gasteiger partial charge in [0.2, 0.25) is 0 Å². The molecule has 1 aliphatic heterocycles. The molecule has 5 heteroatoms. The zero-order valence-corrected chi connectivity index (χ0v) is 16.1. The van der Waals surface area contributed by atoms with Crippen LogP contribution in [-0.2, 0) is 16.0 Å². The van der Waals surface area contributed by atoms with Crippen molar-refractivity contribution in [3.05, 3.63) is 23.3 Å². The second-order valence-corrected chi connectivity index (χ2v) is 6.55. The van der Waals surface area contributed by atoms with E-state index < -0.39 is 0 Å². The highest BCUT2D eigenvalue weighted by Crippen LogP contribution is 2.45. The van der Waals surface area contributed by atoms with Crippen LogP contribution in [0.2, 0.25) is 0 Å². The van der Waals surface area contributed by atoms with Gasteiger partial charge in [0.05, 0.1) is 32.8 Å². The number of fused-ring (bicyclic) bond motifs is 1. The van der Waals surface area contributed by atoms with Gasteiger partial charge in [0.25, 0.3) is 0 Å². The first-order valence-corrected chi connectivity index (χ1v) is 9.19. The molecule has 0 fully saturated rings. The molecule has 0 N–H and O–H groups in total. The first-order valence-electron chi connectivity index (χ1n) is 9.19. The van der Waals surface area contributed by atoms with Crippen molar-refractivity contribution in [2.45, 2.75) is 45.6 Å². The summed E-state index contributed by atoms with van der Waals surface area (Å²) in [6.07, 6.45) is 3.79. The lowest BCUT2D eigenvalue weighted by Crippen LogP contribution is -2.40. The highest BCUT2D eigenvalue weighted by Gasteiger charge is 2.39. The Balaban J connectivity index is 2.53. The summed E-state index contributed by atoms with van der Waals surface area (Å²) in [6.45, 7) is 5.32. The number of likely N-dealkylation sites (N-methyl/N-ethyl adjacent to an activating group) is 1. The third-order valence-corrected chi connectivity index (χ3v) is 5.02. The molecule has 1 aromatic rings. The summed E-state index contributed by atoms with van der Waals surface area (Å²) in [4.78, 5) is 15.0. The maximum absolute atomic E-state index is 12.7. The predicted molar refractivity (Wildman–Crippen MR) is 98.3 cm³/mol. The molecular weight excluding hydrogens is 318 g/mol. The van der Waals surface area contributed by atoms with Crippen molar-refractivity contribution in [2.24, 2.45) is 5.92 Å². The smallest absolute Gasteiger partial charge is 0.310 e. The largest absolute Gasteiger partial charge is 0.493 e. The maximum Gasteiger partial charge on any atom is 0.310 e. The standard InChI is InChI=1S/C20H31NO4/c1-6-8-9-15(20(22)25-7-2)18-17-14(12-13-21(18)3)10-11-16(23-4)19(17)24-5/h10-11,15,18H,6-9,12-13H2,1-5H3. The minimum absolute atomic E-state index is 0.0561. The number of carbonyl (C=O) groups is 1. The molecule has 0 saturated carbocycles. The van der Waals surface area contributed by atoms with E-state index >= 15 is 0 Å². The first-order chi connectivity index (χ1) is 12.1. The number of unbranched alkanes of at least 4 members (excludes halogenated alkanes) is 1. The van der Waals surface area contributed by atoms with Crippen LogP contribution < -0.4 is 9.47 Å². The van der Waals surface area contributed by atoms with E-state index in [4.69, 9.17) is 14.2 Å². The molecule has 140 valence electrons. The third-order valence-electron chi connectivity index (χ3n) is 5.02. The van der Waals surface area contributed by atoms with Gasteiger partial charge in [-0.2, -0.15) is 0 Å². The van der Waals surface area contributed by atoms with Gasteiger partial charge in [-0.15, -0.1) is 0 Å². The maximum atomic E-state index is 12.7. The molecule has 2 rings (SSSR count). The van der Waals surface area contributed by atoms with Crippen molar-refractivity contribution in [3.63, 3.8) is 0 Å². The van der Waals surface area contributed by atoms with Crippen LogP contribution in [0.5, 0.6) is 11.5 Å². The minimum atomic E-state index is -0.204. The lowest BCUT2D eigenvalue weighted by Gasteiger charge is -2.39. The zero-order chi connectivity index (χ0) is 18.4. The molecule has 5 nitrogen and oxygen atoms in total. The number of rotatable bonds is 8. The van der Waals surface area contributed by atoms with Gasteiger partial charge in [-0.1, -0.05) is 25.8 Å². The van der Waals surface area contributed by atoms with Crippen LogP contribution >= 0.6 is 0 Å². The van der Waals surface area contributed by atoms with E-state index in [1.54, 1.807) is 14.2 Å². The molecule has 2 atom stereocenters. The number of benzene rings is 1. The molecule has 0 aliphatic carbocycles. The molecule has 2 unspecified atom stereocenters. The number of ether oxygens (including phenoxy) is 3. The number of hydrogen-bond acceptors (Lipinski definition) is 5. The van der Waals surface area contributed by atoms with Crippen LogP contribution in [-0.4, -0.2) is 45.3 Å². The number of methoxy groups -OCH3 is 2. The summed E-state index contributed by atoms with van der Waals surface area (Å²) in [5.41, 5.74) is 2.30. The van der Waals surface area contributed by atoms with Gasteiger partial charge in [0, 0.05) is 12.1 Å². The number of hydrogen-bond donors (Lipinski definition) is 0. The van der Waals surface area contributed by atoms with E-state index in [9.17, 15) is 4.79 Å². The fourth-order valence-corrected chi connectivity index (χ4v) is 3.78. The van der Waals surface area contributed by atoms with Gasteiger partial charge in [-0.05, 0) is 38.4 Å². The van der Waals surface area contributed by atoms with E-state index in [1.807, 2.05) is 13.0 Å². The zero-order valence-electron chi connectivity index (χ0n) is 16.1. The lowest BCUT2D eigenvalue weighted by molar-refractivity contribution is -0.151. The Morgan fingerprint density at radius 1 is 1.28 bits per heavy atom. The van der Waals surface area contributed by atoms with Crippen LogP contribution in [0.1, 0.15) is 50.3 Å². The van der Waals surface area contributed by atoms with E-state index in [-0.39, 0.29) is 17.9 Å². The Morgan fingerprint density at radius 3 is 2.64 bits per heavy atom. The molecule has 1 heterocycles. The summed E-state index contributed by atoms with van der Waals surface area (Å²) in [6, 6.07) is 3.99. The molecule has 0 aromatic heterocycles. The van der Waals surface area contributed by atoms with Gasteiger partial charge in [-0.25, -0.2) is 0 Å². The van der Waals surface area contributed by atoms with Crippen LogP contribution in [0.4, 0.5) is 0 Å². The van der Waals surface area contributed by atoms with Crippen molar-refractivity contribution in [1.82, 2.24) is 4.90 Å². The Kier molecular flexibility index (Phi) is 7.12. The molecule has 0 bridgehead atoms. The van der Waals surface area contributed by atoms with E-state index in [0.717, 1.165) is 43.5 Å². The Hall–Kier alpha value is -1.75. The van der Waals surface area contributed by atoms with Crippen molar-refractivity contribution < 1.29 is 19.0 Å². The first kappa shape index (κ1) is 19.6. The Morgan fingerprint density at radius 2 is 2.04 bits per heavy atom. The highest BCUT2D eigenvalue weighted by atomic mass is 16.5. The van der Waals surface area contributed by atoms with Crippen molar-refractivity contribution in [3.8, 4) is 11.5 Å². The summed E-state index contributed by atoms with van der Waals surface area (Å²) < 4.78 is 16.6. The molecule has 0 spiro atoms. The Labute approximate surface area is 151 Å².